The van der Waals surface area contributed by atoms with Crippen molar-refractivity contribution in [3.05, 3.63) is 0 Å². The van der Waals surface area contributed by atoms with E-state index in [0.717, 1.165) is 0 Å². The summed E-state index contributed by atoms with van der Waals surface area (Å²) in [6.45, 7) is -2.08. The average Bonchev–Trinajstić information content (AvgIpc) is 2.60. The lowest BCUT2D eigenvalue weighted by molar-refractivity contribution is -0.195. The number of aliphatic hydroxyl groups excluding tert-OH is 9. The number of carboxylic acids is 1. The fourth-order valence-corrected chi connectivity index (χ4v) is 1.64. The molecule has 0 aromatic rings. The van der Waals surface area contributed by atoms with Gasteiger partial charge in [-0.05, 0) is 0 Å². The minimum absolute atomic E-state index is 1.03. The summed E-state index contributed by atoms with van der Waals surface area (Å²) in [6, 6.07) is 0. The zero-order valence-corrected chi connectivity index (χ0v) is 12.7. The third-order valence-corrected chi connectivity index (χ3v) is 3.22. The number of carbonyl (C=O) groups is 2. The molecule has 0 aliphatic carbocycles. The topological polar surface area (TPSA) is 246 Å². The predicted molar refractivity (Wildman–Crippen MR) is 73.7 cm³/mol. The van der Waals surface area contributed by atoms with Crippen LogP contribution in [0.2, 0.25) is 0 Å². The van der Waals surface area contributed by atoms with Crippen molar-refractivity contribution in [3.63, 3.8) is 0 Å². The molecule has 0 aromatic heterocycles. The van der Waals surface area contributed by atoms with Crippen LogP contribution in [0.4, 0.5) is 0 Å². The summed E-state index contributed by atoms with van der Waals surface area (Å²) in [5.41, 5.74) is 0. The highest BCUT2D eigenvalue weighted by molar-refractivity contribution is 5.81. The van der Waals surface area contributed by atoms with Gasteiger partial charge in [-0.1, -0.05) is 0 Å². The Kier molecular flexibility index (Phi) is 9.95. The van der Waals surface area contributed by atoms with Gasteiger partial charge in [-0.15, -0.1) is 0 Å². The second-order valence-corrected chi connectivity index (χ2v) is 5.10. The minimum atomic E-state index is -2.58. The first-order valence-electron chi connectivity index (χ1n) is 6.91. The van der Waals surface area contributed by atoms with Crippen molar-refractivity contribution in [2.75, 3.05) is 13.2 Å². The summed E-state index contributed by atoms with van der Waals surface area (Å²) in [5, 5.41) is 91.8. The zero-order chi connectivity index (χ0) is 19.9. The quantitative estimate of drug-likeness (QED) is 0.151. The maximum absolute atomic E-state index is 11.6. The lowest BCUT2D eigenvalue weighted by atomic mass is 10.0. The number of aliphatic hydroxyl groups is 9. The molecule has 0 spiro atoms. The lowest BCUT2D eigenvalue weighted by Gasteiger charge is -2.28. The molecule has 0 radical (unpaired) electrons. The van der Waals surface area contributed by atoms with Crippen molar-refractivity contribution >= 4 is 11.9 Å². The van der Waals surface area contributed by atoms with Crippen molar-refractivity contribution in [3.8, 4) is 0 Å². The Morgan fingerprint density at radius 2 is 1.12 bits per heavy atom. The van der Waals surface area contributed by atoms with Crippen LogP contribution in [0.25, 0.3) is 0 Å². The van der Waals surface area contributed by atoms with Crippen molar-refractivity contribution < 1.29 is 65.4 Å². The van der Waals surface area contributed by atoms with E-state index < -0.39 is 74.0 Å². The SMILES string of the molecule is O=C(O[C@@H](C(=O)O)[C@@H](O)[C@@H](O)[C@H](O)CO)[C@H](O)[C@@H](O)[C@H](O)[C@H](O)CO. The molecule has 8 atom stereocenters. The predicted octanol–water partition coefficient (Wildman–Crippen LogP) is -6.51. The molecule has 0 aromatic carbocycles. The van der Waals surface area contributed by atoms with Crippen LogP contribution >= 0.6 is 0 Å². The second-order valence-electron chi connectivity index (χ2n) is 5.10. The van der Waals surface area contributed by atoms with E-state index in [4.69, 9.17) is 25.5 Å². The molecule has 13 heteroatoms. The molecule has 0 heterocycles. The van der Waals surface area contributed by atoms with Crippen LogP contribution in [0.5, 0.6) is 0 Å². The molecule has 0 aliphatic rings. The summed E-state index contributed by atoms with van der Waals surface area (Å²) in [4.78, 5) is 22.6. The molecule has 0 unspecified atom stereocenters. The summed E-state index contributed by atoms with van der Waals surface area (Å²) in [5.74, 6) is -3.85. The van der Waals surface area contributed by atoms with Crippen LogP contribution < -0.4 is 0 Å². The first-order valence-corrected chi connectivity index (χ1v) is 6.91. The largest absolute Gasteiger partial charge is 0.478 e. The highest BCUT2D eigenvalue weighted by atomic mass is 16.6. The molecule has 0 rings (SSSR count). The number of hydrogen-bond donors (Lipinski definition) is 10. The molecule has 0 amide bonds. The van der Waals surface area contributed by atoms with Crippen molar-refractivity contribution in [2.24, 2.45) is 0 Å². The maximum atomic E-state index is 11.6. The van der Waals surface area contributed by atoms with Crippen LogP contribution in [-0.4, -0.2) is 125 Å². The third kappa shape index (κ3) is 6.43. The van der Waals surface area contributed by atoms with Crippen LogP contribution in [0, 0.1) is 0 Å². The van der Waals surface area contributed by atoms with E-state index in [2.05, 4.69) is 4.74 Å². The van der Waals surface area contributed by atoms with Gasteiger partial charge in [0.2, 0.25) is 6.10 Å². The van der Waals surface area contributed by atoms with Crippen molar-refractivity contribution in [1.82, 2.24) is 0 Å². The minimum Gasteiger partial charge on any atom is -0.478 e. The Hall–Kier alpha value is -1.42. The van der Waals surface area contributed by atoms with Gasteiger partial charge in [0.25, 0.3) is 0 Å². The fourth-order valence-electron chi connectivity index (χ4n) is 1.64. The van der Waals surface area contributed by atoms with E-state index >= 15 is 0 Å². The smallest absolute Gasteiger partial charge is 0.347 e. The van der Waals surface area contributed by atoms with Crippen LogP contribution in [0.15, 0.2) is 0 Å². The molecule has 148 valence electrons. The van der Waals surface area contributed by atoms with Gasteiger partial charge in [0.15, 0.2) is 6.10 Å². The number of rotatable bonds is 11. The summed E-state index contributed by atoms with van der Waals surface area (Å²) in [7, 11) is 0. The zero-order valence-electron chi connectivity index (χ0n) is 12.7. The first-order chi connectivity index (χ1) is 11.5. The number of esters is 1. The third-order valence-electron chi connectivity index (χ3n) is 3.22. The van der Waals surface area contributed by atoms with Gasteiger partial charge in [-0.2, -0.15) is 0 Å². The van der Waals surface area contributed by atoms with Crippen LogP contribution in [0.1, 0.15) is 0 Å². The molecule has 0 fully saturated rings. The molecule has 13 nitrogen and oxygen atoms in total. The Bertz CT molecular complexity index is 429. The van der Waals surface area contributed by atoms with Gasteiger partial charge in [0.05, 0.1) is 13.2 Å². The Morgan fingerprint density at radius 1 is 0.720 bits per heavy atom. The molecule has 0 aliphatic heterocycles. The molecular weight excluding hydrogens is 352 g/mol. The van der Waals surface area contributed by atoms with Crippen molar-refractivity contribution in [1.29, 1.82) is 0 Å². The van der Waals surface area contributed by atoms with Gasteiger partial charge < -0.3 is 55.8 Å². The highest BCUT2D eigenvalue weighted by Crippen LogP contribution is 2.13. The number of ether oxygens (including phenoxy) is 1. The maximum Gasteiger partial charge on any atom is 0.347 e. The molecule has 0 saturated heterocycles. The normalized spacial score (nSPS) is 21.3. The lowest BCUT2D eigenvalue weighted by Crippen LogP contribution is -2.53. The average molecular weight is 374 g/mol. The fraction of sp³-hybridized carbons (Fsp3) is 0.833. The monoisotopic (exact) mass is 374 g/mol. The van der Waals surface area contributed by atoms with Gasteiger partial charge in [-0.25, -0.2) is 9.59 Å². The summed E-state index contributed by atoms with van der Waals surface area (Å²) >= 11 is 0. The summed E-state index contributed by atoms with van der Waals surface area (Å²) < 4.78 is 4.23. The van der Waals surface area contributed by atoms with E-state index in [1.54, 1.807) is 0 Å². The van der Waals surface area contributed by atoms with Crippen LogP contribution in [0.3, 0.4) is 0 Å². The molecule has 0 saturated carbocycles. The first kappa shape index (κ1) is 23.6. The standard InChI is InChI=1S/C12H22O13/c13-1-3(15)5(17)7(19)9(21)12(24)25-10(11(22)23)8(20)6(18)4(16)2-14/h3-10,13-21H,1-2H2,(H,22,23)/t3-,4-,5-,6+,7+,8+,9-,10-/m1/s1. The van der Waals surface area contributed by atoms with Crippen molar-refractivity contribution in [2.45, 2.75) is 48.8 Å². The van der Waals surface area contributed by atoms with Gasteiger partial charge >= 0.3 is 11.9 Å². The number of carboxylic acid groups (broad SMARTS) is 1. The summed E-state index contributed by atoms with van der Waals surface area (Å²) in [6.07, 6.45) is -18.2. The Labute approximate surface area is 140 Å². The number of carbonyl (C=O) groups excluding carboxylic acids is 1. The molecule has 0 bridgehead atoms. The van der Waals surface area contributed by atoms with Gasteiger partial charge in [0, 0.05) is 0 Å². The molecular formula is C12H22O13. The molecule has 25 heavy (non-hydrogen) atoms. The Balaban J connectivity index is 5.08. The second kappa shape index (κ2) is 10.5. The van der Waals surface area contributed by atoms with E-state index in [1.807, 2.05) is 0 Å². The van der Waals surface area contributed by atoms with E-state index in [9.17, 15) is 35.1 Å². The van der Waals surface area contributed by atoms with E-state index in [0.29, 0.717) is 0 Å². The van der Waals surface area contributed by atoms with E-state index in [-0.39, 0.29) is 0 Å². The van der Waals surface area contributed by atoms with E-state index in [1.165, 1.54) is 0 Å². The van der Waals surface area contributed by atoms with Crippen LogP contribution in [-0.2, 0) is 14.3 Å². The Morgan fingerprint density at radius 3 is 1.48 bits per heavy atom. The number of hydrogen-bond acceptors (Lipinski definition) is 12. The number of aliphatic carboxylic acids is 1. The van der Waals surface area contributed by atoms with Gasteiger partial charge in [0.1, 0.15) is 36.6 Å². The van der Waals surface area contributed by atoms with Gasteiger partial charge in [-0.3, -0.25) is 0 Å². The highest BCUT2D eigenvalue weighted by Gasteiger charge is 2.42. The molecule has 10 N–H and O–H groups in total.